The van der Waals surface area contributed by atoms with Crippen molar-refractivity contribution in [2.24, 2.45) is 0 Å². The molecule has 0 fully saturated rings. The van der Waals surface area contributed by atoms with Gasteiger partial charge in [0.05, 0.1) is 11.1 Å². The average Bonchev–Trinajstić information content (AvgIpc) is 2.75. The minimum absolute atomic E-state index is 0.190. The lowest BCUT2D eigenvalue weighted by atomic mass is 9.99. The van der Waals surface area contributed by atoms with Gasteiger partial charge in [0, 0.05) is 23.4 Å². The number of alkyl halides is 1. The molecular formula is C12H11Br2NO. The number of rotatable bonds is 3. The van der Waals surface area contributed by atoms with Crippen LogP contribution < -0.4 is 0 Å². The summed E-state index contributed by atoms with van der Waals surface area (Å²) < 4.78 is 6.01. The second kappa shape index (κ2) is 5.15. The van der Waals surface area contributed by atoms with E-state index in [1.165, 1.54) is 0 Å². The third kappa shape index (κ3) is 2.38. The summed E-state index contributed by atoms with van der Waals surface area (Å²) in [5, 5.41) is 0. The molecule has 84 valence electrons. The molecule has 2 aromatic heterocycles. The number of nitrogens with zero attached hydrogens (tertiary/aromatic N) is 1. The number of aromatic nitrogens is 1. The molecule has 2 unspecified atom stereocenters. The fourth-order valence-electron chi connectivity index (χ4n) is 1.57. The molecule has 0 spiro atoms. The standard InChI is InChI=1S/C12H11Br2NO/c1-8(10-4-2-3-6-15-10)11(13)9-5-7-16-12(9)14/h2-8,11H,1H3. The Labute approximate surface area is 111 Å². The van der Waals surface area contributed by atoms with Crippen molar-refractivity contribution >= 4 is 31.9 Å². The summed E-state index contributed by atoms with van der Waals surface area (Å²) in [7, 11) is 0. The molecule has 2 nitrogen and oxygen atoms in total. The predicted octanol–water partition coefficient (Wildman–Crippen LogP) is 4.68. The molecule has 16 heavy (non-hydrogen) atoms. The second-order valence-electron chi connectivity index (χ2n) is 3.59. The highest BCUT2D eigenvalue weighted by Gasteiger charge is 2.22. The Hall–Kier alpha value is -0.610. The number of halogens is 2. The van der Waals surface area contributed by atoms with Crippen LogP contribution in [0.2, 0.25) is 0 Å². The van der Waals surface area contributed by atoms with Gasteiger partial charge in [-0.25, -0.2) is 0 Å². The van der Waals surface area contributed by atoms with Crippen LogP contribution in [0.3, 0.4) is 0 Å². The maximum absolute atomic E-state index is 5.24. The van der Waals surface area contributed by atoms with E-state index in [9.17, 15) is 0 Å². The van der Waals surface area contributed by atoms with E-state index in [0.717, 1.165) is 15.9 Å². The lowest BCUT2D eigenvalue weighted by Gasteiger charge is -2.16. The molecule has 2 heterocycles. The Balaban J connectivity index is 2.23. The first-order valence-corrected chi connectivity index (χ1v) is 6.69. The summed E-state index contributed by atoms with van der Waals surface area (Å²) in [5.41, 5.74) is 2.18. The van der Waals surface area contributed by atoms with E-state index in [-0.39, 0.29) is 10.7 Å². The van der Waals surface area contributed by atoms with Gasteiger partial charge in [0.25, 0.3) is 0 Å². The predicted molar refractivity (Wildman–Crippen MR) is 70.7 cm³/mol. The SMILES string of the molecule is CC(c1ccccn1)C(Br)c1ccoc1Br. The quantitative estimate of drug-likeness (QED) is 0.756. The fourth-order valence-corrected chi connectivity index (χ4v) is 2.99. The summed E-state index contributed by atoms with van der Waals surface area (Å²) in [4.78, 5) is 4.55. The molecule has 0 bridgehead atoms. The van der Waals surface area contributed by atoms with Gasteiger partial charge in [0.1, 0.15) is 0 Å². The maximum atomic E-state index is 5.24. The summed E-state index contributed by atoms with van der Waals surface area (Å²) in [6.07, 6.45) is 3.49. The van der Waals surface area contributed by atoms with E-state index in [0.29, 0.717) is 0 Å². The van der Waals surface area contributed by atoms with E-state index in [4.69, 9.17) is 4.42 Å². The molecule has 0 aromatic carbocycles. The van der Waals surface area contributed by atoms with Crippen molar-refractivity contribution in [2.45, 2.75) is 17.7 Å². The molecule has 2 atom stereocenters. The molecule has 0 radical (unpaired) electrons. The topological polar surface area (TPSA) is 26.0 Å². The van der Waals surface area contributed by atoms with Crippen molar-refractivity contribution in [3.8, 4) is 0 Å². The molecule has 4 heteroatoms. The zero-order valence-corrected chi connectivity index (χ0v) is 11.9. The van der Waals surface area contributed by atoms with Crippen LogP contribution in [0.15, 0.2) is 45.8 Å². The van der Waals surface area contributed by atoms with E-state index in [2.05, 4.69) is 43.8 Å². The number of furan rings is 1. The number of hydrogen-bond donors (Lipinski definition) is 0. The highest BCUT2D eigenvalue weighted by Crippen LogP contribution is 2.40. The largest absolute Gasteiger partial charge is 0.457 e. The van der Waals surface area contributed by atoms with E-state index in [1.54, 1.807) is 6.26 Å². The van der Waals surface area contributed by atoms with Crippen LogP contribution in [-0.2, 0) is 0 Å². The van der Waals surface area contributed by atoms with Crippen LogP contribution >= 0.6 is 31.9 Å². The lowest BCUT2D eigenvalue weighted by Crippen LogP contribution is -2.03. The Morgan fingerprint density at radius 3 is 2.69 bits per heavy atom. The zero-order valence-electron chi connectivity index (χ0n) is 8.73. The van der Waals surface area contributed by atoms with Crippen molar-refractivity contribution in [2.75, 3.05) is 0 Å². The Kier molecular flexibility index (Phi) is 3.82. The molecule has 0 aliphatic carbocycles. The summed E-state index contributed by atoms with van der Waals surface area (Å²) in [6, 6.07) is 7.92. The van der Waals surface area contributed by atoms with Gasteiger partial charge in [-0.1, -0.05) is 28.9 Å². The van der Waals surface area contributed by atoms with Gasteiger partial charge >= 0.3 is 0 Å². The Morgan fingerprint density at radius 1 is 1.31 bits per heavy atom. The third-order valence-corrected chi connectivity index (χ3v) is 4.47. The first-order valence-electron chi connectivity index (χ1n) is 4.98. The maximum Gasteiger partial charge on any atom is 0.173 e. The Bertz CT molecular complexity index is 455. The van der Waals surface area contributed by atoms with Gasteiger partial charge in [-0.15, -0.1) is 0 Å². The van der Waals surface area contributed by atoms with Crippen molar-refractivity contribution in [3.05, 3.63) is 52.7 Å². The second-order valence-corrected chi connectivity index (χ2v) is 5.30. The van der Waals surface area contributed by atoms with Gasteiger partial charge in [0.15, 0.2) is 4.67 Å². The minimum Gasteiger partial charge on any atom is -0.457 e. The monoisotopic (exact) mass is 343 g/mol. The van der Waals surface area contributed by atoms with E-state index in [1.807, 2.05) is 30.5 Å². The summed E-state index contributed by atoms with van der Waals surface area (Å²) in [6.45, 7) is 2.14. The highest BCUT2D eigenvalue weighted by atomic mass is 79.9. The van der Waals surface area contributed by atoms with Gasteiger partial charge in [-0.2, -0.15) is 0 Å². The molecule has 0 saturated heterocycles. The molecule has 0 aliphatic heterocycles. The minimum atomic E-state index is 0.190. The van der Waals surface area contributed by atoms with E-state index < -0.39 is 0 Å². The van der Waals surface area contributed by atoms with Crippen molar-refractivity contribution in [1.29, 1.82) is 0 Å². The molecule has 0 N–H and O–H groups in total. The molecule has 2 aromatic rings. The van der Waals surface area contributed by atoms with Gasteiger partial charge < -0.3 is 4.42 Å². The van der Waals surface area contributed by atoms with Crippen LogP contribution in [0, 0.1) is 0 Å². The average molecular weight is 345 g/mol. The highest BCUT2D eigenvalue weighted by molar-refractivity contribution is 9.10. The number of pyridine rings is 1. The first kappa shape index (κ1) is 11.9. The zero-order chi connectivity index (χ0) is 11.5. The molecular weight excluding hydrogens is 334 g/mol. The summed E-state index contributed by atoms with van der Waals surface area (Å²) >= 11 is 7.08. The van der Waals surface area contributed by atoms with Gasteiger partial charge in [0.2, 0.25) is 0 Å². The molecule has 0 aliphatic rings. The van der Waals surface area contributed by atoms with Crippen LogP contribution in [0.4, 0.5) is 0 Å². The van der Waals surface area contributed by atoms with E-state index >= 15 is 0 Å². The molecule has 2 rings (SSSR count). The molecule has 0 saturated carbocycles. The summed E-state index contributed by atoms with van der Waals surface area (Å²) in [5.74, 6) is 0.287. The van der Waals surface area contributed by atoms with Gasteiger partial charge in [-0.05, 0) is 34.1 Å². The smallest absolute Gasteiger partial charge is 0.173 e. The van der Waals surface area contributed by atoms with Crippen molar-refractivity contribution in [1.82, 2.24) is 4.98 Å². The van der Waals surface area contributed by atoms with Crippen molar-refractivity contribution in [3.63, 3.8) is 0 Å². The van der Waals surface area contributed by atoms with Crippen LogP contribution in [-0.4, -0.2) is 4.98 Å². The normalized spacial score (nSPS) is 14.7. The van der Waals surface area contributed by atoms with Crippen LogP contribution in [0.25, 0.3) is 0 Å². The lowest BCUT2D eigenvalue weighted by molar-refractivity contribution is 0.534. The van der Waals surface area contributed by atoms with Crippen LogP contribution in [0.5, 0.6) is 0 Å². The van der Waals surface area contributed by atoms with Gasteiger partial charge in [-0.3, -0.25) is 4.98 Å². The molecule has 0 amide bonds. The Morgan fingerprint density at radius 2 is 2.12 bits per heavy atom. The van der Waals surface area contributed by atoms with Crippen LogP contribution in [0.1, 0.15) is 28.9 Å². The first-order chi connectivity index (χ1) is 7.70. The fraction of sp³-hybridized carbons (Fsp3) is 0.250. The third-order valence-electron chi connectivity index (χ3n) is 2.54. The number of hydrogen-bond acceptors (Lipinski definition) is 2. The van der Waals surface area contributed by atoms with Crippen molar-refractivity contribution < 1.29 is 4.42 Å².